The summed E-state index contributed by atoms with van der Waals surface area (Å²) in [5.41, 5.74) is 0.771. The van der Waals surface area contributed by atoms with Gasteiger partial charge in [-0.1, -0.05) is 25.5 Å². The maximum absolute atomic E-state index is 12.6. The lowest BCUT2D eigenvalue weighted by atomic mass is 10.3. The summed E-state index contributed by atoms with van der Waals surface area (Å²) < 4.78 is 14.4. The number of thioether (sulfide) groups is 1. The monoisotopic (exact) mass is 427 g/mol. The lowest BCUT2D eigenvalue weighted by molar-refractivity contribution is -0.122. The number of aromatic nitrogens is 2. The van der Waals surface area contributed by atoms with Gasteiger partial charge in [0.1, 0.15) is 11.4 Å². The minimum atomic E-state index is -1.15. The standard InChI is InChI=1S/C18H21N3O3S2.ClH/c1-2-3-7-14-17(22)21(18(23)25-14)11-4-5-13-26(24)16-9-6-8-15-19-10-12-20(15)16;/h6-10,12H,2-5,11,13H2,1H3;1H/b14-7+;. The number of allylic oxidation sites excluding steroid dienone is 1. The van der Waals surface area contributed by atoms with E-state index in [4.69, 9.17) is 0 Å². The SMILES string of the molecule is CCC/C=C1/SC(=O)N(CCCC[S+]([O-])c2cccc3nccn23)C1=O.Cl. The van der Waals surface area contributed by atoms with Crippen molar-refractivity contribution < 1.29 is 14.1 Å². The summed E-state index contributed by atoms with van der Waals surface area (Å²) in [6.45, 7) is 2.41. The van der Waals surface area contributed by atoms with Gasteiger partial charge in [-0.3, -0.25) is 18.9 Å². The molecule has 0 aromatic carbocycles. The average molecular weight is 428 g/mol. The van der Waals surface area contributed by atoms with Crippen LogP contribution in [0.2, 0.25) is 0 Å². The van der Waals surface area contributed by atoms with Crippen molar-refractivity contribution in [1.82, 2.24) is 14.3 Å². The zero-order chi connectivity index (χ0) is 18.5. The Morgan fingerprint density at radius 3 is 2.89 bits per heavy atom. The first-order valence-corrected chi connectivity index (χ1v) is 10.8. The van der Waals surface area contributed by atoms with Crippen molar-refractivity contribution in [3.8, 4) is 0 Å². The zero-order valence-electron chi connectivity index (χ0n) is 15.0. The van der Waals surface area contributed by atoms with Crippen LogP contribution in [0.5, 0.6) is 0 Å². The van der Waals surface area contributed by atoms with Gasteiger partial charge in [0.2, 0.25) is 5.03 Å². The number of carbonyl (C=O) groups excluding carboxylic acids is 2. The van der Waals surface area contributed by atoms with E-state index in [0.717, 1.165) is 30.3 Å². The number of imidazole rings is 1. The number of hydrogen-bond acceptors (Lipinski definition) is 5. The Labute approximate surface area is 172 Å². The van der Waals surface area contributed by atoms with Crippen LogP contribution in [-0.2, 0) is 16.0 Å². The fourth-order valence-corrected chi connectivity index (χ4v) is 4.87. The second kappa shape index (κ2) is 10.2. The molecule has 3 heterocycles. The minimum Gasteiger partial charge on any atom is -0.610 e. The Balaban J connectivity index is 0.00000261. The molecule has 1 saturated heterocycles. The molecule has 9 heteroatoms. The Kier molecular flexibility index (Phi) is 8.22. The van der Waals surface area contributed by atoms with E-state index in [1.165, 1.54) is 4.90 Å². The first-order valence-electron chi connectivity index (χ1n) is 8.66. The van der Waals surface area contributed by atoms with Gasteiger partial charge in [-0.05, 0) is 37.1 Å². The third-order valence-electron chi connectivity index (χ3n) is 4.08. The van der Waals surface area contributed by atoms with Crippen LogP contribution in [0, 0.1) is 0 Å². The number of carbonyl (C=O) groups is 2. The fourth-order valence-electron chi connectivity index (χ4n) is 2.72. The van der Waals surface area contributed by atoms with Crippen molar-refractivity contribution in [2.45, 2.75) is 37.6 Å². The van der Waals surface area contributed by atoms with E-state index in [1.807, 2.05) is 35.6 Å². The minimum absolute atomic E-state index is 0. The fraction of sp³-hybridized carbons (Fsp3) is 0.389. The first kappa shape index (κ1) is 21.8. The number of amides is 2. The number of fused-ring (bicyclic) bond motifs is 1. The molecule has 0 radical (unpaired) electrons. The van der Waals surface area contributed by atoms with Gasteiger partial charge in [-0.2, -0.15) is 0 Å². The van der Waals surface area contributed by atoms with Gasteiger partial charge in [-0.25, -0.2) is 4.98 Å². The highest BCUT2D eigenvalue weighted by Gasteiger charge is 2.34. The van der Waals surface area contributed by atoms with Crippen molar-refractivity contribution >= 4 is 52.1 Å². The van der Waals surface area contributed by atoms with Gasteiger partial charge >= 0.3 is 0 Å². The largest absolute Gasteiger partial charge is 0.610 e. The van der Waals surface area contributed by atoms with Gasteiger partial charge in [0.25, 0.3) is 11.1 Å². The van der Waals surface area contributed by atoms with E-state index in [1.54, 1.807) is 12.4 Å². The molecule has 1 atom stereocenters. The Morgan fingerprint density at radius 1 is 1.30 bits per heavy atom. The van der Waals surface area contributed by atoms with Gasteiger partial charge in [0.15, 0.2) is 0 Å². The molecule has 0 bridgehead atoms. The molecule has 0 spiro atoms. The molecule has 0 saturated carbocycles. The molecule has 1 aliphatic rings. The summed E-state index contributed by atoms with van der Waals surface area (Å²) in [6.07, 6.45) is 8.38. The van der Waals surface area contributed by atoms with Crippen molar-refractivity contribution in [2.75, 3.05) is 12.3 Å². The van der Waals surface area contributed by atoms with Crippen LogP contribution < -0.4 is 0 Å². The van der Waals surface area contributed by atoms with Gasteiger partial charge < -0.3 is 4.55 Å². The molecule has 1 unspecified atom stereocenters. The summed E-state index contributed by atoms with van der Waals surface area (Å²) in [5.74, 6) is 0.289. The zero-order valence-corrected chi connectivity index (χ0v) is 17.4. The first-order chi connectivity index (χ1) is 12.6. The van der Waals surface area contributed by atoms with Crippen LogP contribution in [0.3, 0.4) is 0 Å². The van der Waals surface area contributed by atoms with Crippen LogP contribution in [0.1, 0.15) is 32.6 Å². The maximum Gasteiger partial charge on any atom is 0.293 e. The van der Waals surface area contributed by atoms with Crippen molar-refractivity contribution in [3.05, 3.63) is 41.6 Å². The van der Waals surface area contributed by atoms with Crippen LogP contribution >= 0.6 is 24.2 Å². The molecule has 2 aromatic heterocycles. The third kappa shape index (κ3) is 5.07. The van der Waals surface area contributed by atoms with E-state index in [-0.39, 0.29) is 23.6 Å². The number of nitrogens with zero attached hydrogens (tertiary/aromatic N) is 3. The van der Waals surface area contributed by atoms with E-state index in [2.05, 4.69) is 4.98 Å². The van der Waals surface area contributed by atoms with Gasteiger partial charge in [-0.15, -0.1) is 12.4 Å². The number of hydrogen-bond donors (Lipinski definition) is 0. The molecule has 2 amide bonds. The molecular weight excluding hydrogens is 406 g/mol. The smallest absolute Gasteiger partial charge is 0.293 e. The van der Waals surface area contributed by atoms with Crippen molar-refractivity contribution in [3.63, 3.8) is 0 Å². The van der Waals surface area contributed by atoms with Gasteiger partial charge in [0.05, 0.1) is 4.91 Å². The van der Waals surface area contributed by atoms with E-state index in [0.29, 0.717) is 35.1 Å². The molecule has 0 aliphatic carbocycles. The van der Waals surface area contributed by atoms with Crippen LogP contribution in [0.15, 0.2) is 46.6 Å². The molecule has 27 heavy (non-hydrogen) atoms. The normalized spacial score (nSPS) is 17.0. The summed E-state index contributed by atoms with van der Waals surface area (Å²) >= 11 is -0.137. The molecule has 1 aliphatic heterocycles. The van der Waals surface area contributed by atoms with E-state index < -0.39 is 11.2 Å². The Morgan fingerprint density at radius 2 is 2.11 bits per heavy atom. The second-order valence-corrected chi connectivity index (χ2v) is 8.47. The van der Waals surface area contributed by atoms with Crippen LogP contribution in [-0.4, -0.2) is 42.3 Å². The number of halogens is 1. The highest BCUT2D eigenvalue weighted by atomic mass is 35.5. The summed E-state index contributed by atoms with van der Waals surface area (Å²) in [6, 6.07) is 5.55. The number of imide groups is 1. The highest BCUT2D eigenvalue weighted by Crippen LogP contribution is 2.31. The van der Waals surface area contributed by atoms with E-state index >= 15 is 0 Å². The predicted molar refractivity (Wildman–Crippen MR) is 111 cm³/mol. The maximum atomic E-state index is 12.6. The van der Waals surface area contributed by atoms with Crippen molar-refractivity contribution in [2.24, 2.45) is 0 Å². The molecule has 6 nitrogen and oxygen atoms in total. The quantitative estimate of drug-likeness (QED) is 0.361. The van der Waals surface area contributed by atoms with Crippen LogP contribution in [0.4, 0.5) is 4.79 Å². The summed E-state index contributed by atoms with van der Waals surface area (Å²) in [4.78, 5) is 30.2. The molecule has 1 fully saturated rings. The van der Waals surface area contributed by atoms with E-state index in [9.17, 15) is 14.1 Å². The molecule has 0 N–H and O–H groups in total. The third-order valence-corrected chi connectivity index (χ3v) is 6.49. The topological polar surface area (TPSA) is 77.7 Å². The number of unbranched alkanes of at least 4 members (excludes halogenated alkanes) is 2. The lowest BCUT2D eigenvalue weighted by Gasteiger charge is -2.14. The second-order valence-electron chi connectivity index (χ2n) is 5.96. The molecule has 146 valence electrons. The lowest BCUT2D eigenvalue weighted by Crippen LogP contribution is -2.29. The number of pyridine rings is 1. The predicted octanol–water partition coefficient (Wildman–Crippen LogP) is 4.02. The van der Waals surface area contributed by atoms with Gasteiger partial charge in [0, 0.05) is 36.2 Å². The van der Waals surface area contributed by atoms with Crippen molar-refractivity contribution in [1.29, 1.82) is 0 Å². The number of rotatable bonds is 8. The molecule has 2 aromatic rings. The Hall–Kier alpha value is -1.48. The average Bonchev–Trinajstić information content (AvgIpc) is 3.22. The Bertz CT molecular complexity index is 840. The summed E-state index contributed by atoms with van der Waals surface area (Å²) in [5, 5.41) is 0.510. The highest BCUT2D eigenvalue weighted by molar-refractivity contribution is 8.18. The molecule has 3 rings (SSSR count). The van der Waals surface area contributed by atoms with Crippen LogP contribution in [0.25, 0.3) is 5.65 Å². The summed E-state index contributed by atoms with van der Waals surface area (Å²) in [7, 11) is 0. The molecular formula is C18H22ClN3O3S2.